The Balaban J connectivity index is 0.000000197. The summed E-state index contributed by atoms with van der Waals surface area (Å²) in [5, 5.41) is 27.8. The molecule has 4 saturated carbocycles. The first kappa shape index (κ1) is 76.7. The van der Waals surface area contributed by atoms with Crippen molar-refractivity contribution in [3.63, 3.8) is 0 Å². The number of carbonyl (C=O) groups excluding carboxylic acids is 7. The summed E-state index contributed by atoms with van der Waals surface area (Å²) in [6.07, 6.45) is 14.6. The van der Waals surface area contributed by atoms with Crippen molar-refractivity contribution in [2.75, 3.05) is 13.1 Å². The largest absolute Gasteiger partial charge is 0.479 e. The number of thiazole rings is 2. The maximum absolute atomic E-state index is 14.3. The summed E-state index contributed by atoms with van der Waals surface area (Å²) < 4.78 is 72.7. The molecule has 6 fully saturated rings. The van der Waals surface area contributed by atoms with Gasteiger partial charge < -0.3 is 55.1 Å². The van der Waals surface area contributed by atoms with Gasteiger partial charge in [0, 0.05) is 34.7 Å². The molecule has 6 heterocycles. The molecule has 2 aromatic carbocycles. The average Bonchev–Trinajstić information content (AvgIpc) is 1.57. The van der Waals surface area contributed by atoms with Gasteiger partial charge in [-0.05, 0) is 169 Å². The Bertz CT molecular complexity index is 4150. The van der Waals surface area contributed by atoms with Crippen molar-refractivity contribution in [1.82, 2.24) is 45.8 Å². The first-order chi connectivity index (χ1) is 47.3. The predicted molar refractivity (Wildman–Crippen MR) is 380 cm³/mol. The molecule has 2 aromatic heterocycles. The second-order valence-electron chi connectivity index (χ2n) is 29.9. The van der Waals surface area contributed by atoms with Crippen molar-refractivity contribution in [3.8, 4) is 10.4 Å². The van der Waals surface area contributed by atoms with Crippen LogP contribution in [0.15, 0.2) is 60.7 Å². The average molecular weight is 1520 g/mol. The monoisotopic (exact) mass is 1520 g/mol. The normalized spacial score (nSPS) is 28.7. The number of alkyl carbamates (subject to hydrolysis) is 2. The van der Waals surface area contributed by atoms with Crippen molar-refractivity contribution in [1.29, 1.82) is 0 Å². The van der Waals surface area contributed by atoms with E-state index in [0.717, 1.165) is 54.3 Å². The summed E-state index contributed by atoms with van der Waals surface area (Å²) in [6.45, 7) is 13.7. The first-order valence-electron chi connectivity index (χ1n) is 34.1. The second-order valence-corrected chi connectivity index (χ2v) is 37.0. The van der Waals surface area contributed by atoms with Crippen molar-refractivity contribution < 1.29 is 79.2 Å². The summed E-state index contributed by atoms with van der Waals surface area (Å²) in [5.74, 6) is -4.77. The molecular weight excluding hydrogens is 1430 g/mol. The third-order valence-electron chi connectivity index (χ3n) is 19.3. The Morgan fingerprint density at radius 3 is 1.45 bits per heavy atom. The fraction of sp³-hybridized carbons (Fsp3) is 0.618. The standard InChI is InChI=1S/C34H44ClN5O8S2.C30H37ClN4O7S.C4H9NO2S/c1-32(2,3)48-30(44)36-24-11-9-7-5-6-8-10-20-18-34(20,29(43)39-50(45,46)33(4)14-15-33)38-27(41)25-17-22(19-40(25)28(24)42)47-31-37-23-13-12-21(35)16-26(23)49-31;1-29(2,3)42-27(40)32-21-10-8-6-4-5-7-9-17-15-30(17,26(38)39)34-24(36)22-14-19(16-35(22)25(21)37)41-28-33-20-12-11-18(31)13-23(20)43-28;1-4(2-3-4)8(5,6)7/h8,10,12-13,16,20,22,24-25H,5-7,9,11,14-15,17-19H2,1-4H3,(H,36,44)(H,38,41)(H,39,43);7,9,11-13,17,19,21-22H,4-6,8,10,14-16H2,1-3H3,(H,32,40)(H,34,36)(H,38,39);2-3H2,1H3,(H2,5,6,7)/b10-8-;9-7-;/t20-,22-,24+,25+,34-;17-,19-,21+,22+,30-;/m11./s1. The van der Waals surface area contributed by atoms with E-state index < -0.39 is 142 Å². The Morgan fingerprint density at radius 1 is 0.634 bits per heavy atom. The summed E-state index contributed by atoms with van der Waals surface area (Å²) in [6, 6.07) is 6.58. The molecule has 27 nitrogen and oxygen atoms in total. The molecule has 101 heavy (non-hydrogen) atoms. The molecule has 4 aromatic rings. The number of ether oxygens (including phenoxy) is 4. The lowest BCUT2D eigenvalue weighted by Gasteiger charge is -2.30. The number of halogens is 2. The number of nitrogens with zero attached hydrogens (tertiary/aromatic N) is 4. The van der Waals surface area contributed by atoms with Crippen molar-refractivity contribution in [2.24, 2.45) is 17.0 Å². The number of nitrogens with two attached hydrogens (primary N) is 1. The zero-order chi connectivity index (χ0) is 73.4. The van der Waals surface area contributed by atoms with Gasteiger partial charge in [0.25, 0.3) is 16.3 Å². The number of sulfonamides is 2. The maximum atomic E-state index is 14.3. The lowest BCUT2D eigenvalue weighted by molar-refractivity contribution is -0.145. The molecule has 12 rings (SSSR count). The van der Waals surface area contributed by atoms with Gasteiger partial charge in [0.1, 0.15) is 58.7 Å². The van der Waals surface area contributed by atoms with Crippen molar-refractivity contribution >= 4 is 134 Å². The van der Waals surface area contributed by atoms with E-state index in [-0.39, 0.29) is 44.7 Å². The molecule has 0 radical (unpaired) electrons. The number of primary sulfonamides is 1. The van der Waals surface area contributed by atoms with Crippen LogP contribution in [0.25, 0.3) is 20.4 Å². The number of hydrogen-bond acceptors (Lipinski definition) is 20. The SMILES string of the molecule is CC(C)(C)OC(=O)N[C@H]1CCCCC/C=C\[C@@H]2C[C@@]2(C(=O)NS(=O)(=O)C2(C)CC2)NC(=O)[C@@H]2C[C@@H](Oc3nc4ccc(Cl)cc4s3)CN2C1=O.CC(C)(C)OC(=O)N[C@H]1CCCCC/C=C\[C@@H]2C[C@@]2(C(=O)O)NC(=O)[C@@H]2C[C@@H](Oc3nc4ccc(Cl)cc4s3)CN2C1=O.CC1(S(N)(=O)=O)CC1. The molecule has 7 amide bonds. The minimum absolute atomic E-state index is 0.00929. The van der Waals surface area contributed by atoms with Gasteiger partial charge in [-0.3, -0.25) is 28.7 Å². The van der Waals surface area contributed by atoms with E-state index in [0.29, 0.717) is 76.4 Å². The number of allylic oxidation sites excluding steroid dienone is 2. The minimum Gasteiger partial charge on any atom is -0.479 e. The molecule has 8 N–H and O–H groups in total. The molecule has 4 aliphatic carbocycles. The topological polar surface area (TPSA) is 380 Å². The van der Waals surface area contributed by atoms with Gasteiger partial charge in [0.05, 0.1) is 43.0 Å². The molecule has 0 bridgehead atoms. The zero-order valence-corrected chi connectivity index (χ0v) is 62.5. The Kier molecular flexibility index (Phi) is 22.8. The minimum atomic E-state index is -3.97. The Hall–Kier alpha value is -6.90. The number of benzene rings is 2. The Morgan fingerprint density at radius 2 is 1.05 bits per heavy atom. The maximum Gasteiger partial charge on any atom is 0.408 e. The van der Waals surface area contributed by atoms with Crippen LogP contribution in [0.2, 0.25) is 10.0 Å². The number of amides is 7. The van der Waals surface area contributed by atoms with E-state index in [1.54, 1.807) is 91.8 Å². The number of carboxylic acid groups (broad SMARTS) is 1. The molecule has 0 spiro atoms. The van der Waals surface area contributed by atoms with Crippen molar-refractivity contribution in [3.05, 3.63) is 70.7 Å². The molecule has 0 unspecified atom stereocenters. The van der Waals surface area contributed by atoms with E-state index in [4.69, 9.17) is 47.3 Å². The number of aliphatic carboxylic acids is 1. The third kappa shape index (κ3) is 18.9. The highest BCUT2D eigenvalue weighted by atomic mass is 35.5. The van der Waals surface area contributed by atoms with Crippen LogP contribution in [0.4, 0.5) is 9.59 Å². The lowest BCUT2D eigenvalue weighted by Crippen LogP contribution is -2.58. The molecular formula is C68H90Cl2N10O17S4. The number of nitrogens with one attached hydrogen (secondary N) is 5. The highest BCUT2D eigenvalue weighted by Gasteiger charge is 2.64. The smallest absolute Gasteiger partial charge is 0.408 e. The van der Waals surface area contributed by atoms with Gasteiger partial charge >= 0.3 is 18.2 Å². The summed E-state index contributed by atoms with van der Waals surface area (Å²) in [5.41, 5.74) is -3.07. The predicted octanol–water partition coefficient (Wildman–Crippen LogP) is 9.08. The molecule has 8 aliphatic rings. The summed E-state index contributed by atoms with van der Waals surface area (Å²) in [7, 11) is -7.20. The van der Waals surface area contributed by atoms with Gasteiger partial charge in [-0.2, -0.15) is 0 Å². The van der Waals surface area contributed by atoms with E-state index in [2.05, 4.69) is 36.0 Å². The first-order valence-corrected chi connectivity index (χ1v) is 39.6. The summed E-state index contributed by atoms with van der Waals surface area (Å²) in [4.78, 5) is 120. The van der Waals surface area contributed by atoms with Crippen LogP contribution >= 0.6 is 45.9 Å². The van der Waals surface area contributed by atoms with Gasteiger partial charge in [-0.1, -0.05) is 95.9 Å². The highest BCUT2D eigenvalue weighted by molar-refractivity contribution is 7.91. The van der Waals surface area contributed by atoms with Crippen LogP contribution in [0, 0.1) is 11.8 Å². The molecule has 33 heteroatoms. The van der Waals surface area contributed by atoms with Crippen LogP contribution in [0.1, 0.15) is 171 Å². The highest BCUT2D eigenvalue weighted by Crippen LogP contribution is 2.49. The van der Waals surface area contributed by atoms with Gasteiger partial charge in [-0.25, -0.2) is 46.3 Å². The number of carbonyl (C=O) groups is 8. The second kappa shape index (κ2) is 30.1. The molecule has 552 valence electrons. The molecule has 10 atom stereocenters. The molecule has 4 aliphatic heterocycles. The fourth-order valence-corrected chi connectivity index (χ4v) is 16.9. The van der Waals surface area contributed by atoms with E-state index in [9.17, 15) is 60.3 Å². The number of aromatic nitrogens is 2. The van der Waals surface area contributed by atoms with E-state index >= 15 is 0 Å². The van der Waals surface area contributed by atoms with Crippen molar-refractivity contribution in [2.45, 2.75) is 239 Å². The number of hydrogen-bond donors (Lipinski definition) is 7. The summed E-state index contributed by atoms with van der Waals surface area (Å²) >= 11 is 14.9. The van der Waals surface area contributed by atoms with Crippen LogP contribution < -0.4 is 40.6 Å². The van der Waals surface area contributed by atoms with Crippen LogP contribution in [-0.2, 0) is 58.3 Å². The van der Waals surface area contributed by atoms with E-state index in [1.807, 2.05) is 24.3 Å². The zero-order valence-electron chi connectivity index (χ0n) is 57.8. The number of fused-ring (bicyclic) bond motifs is 6. The van der Waals surface area contributed by atoms with Crippen LogP contribution in [-0.4, -0.2) is 171 Å². The van der Waals surface area contributed by atoms with Gasteiger partial charge in [0.15, 0.2) is 0 Å². The van der Waals surface area contributed by atoms with Crippen LogP contribution in [0.5, 0.6) is 10.4 Å². The third-order valence-corrected chi connectivity index (χ3v) is 25.5. The fourth-order valence-electron chi connectivity index (χ4n) is 12.6. The van der Waals surface area contributed by atoms with Gasteiger partial charge in [0.2, 0.25) is 43.7 Å². The molecule has 2 saturated heterocycles. The van der Waals surface area contributed by atoms with Gasteiger partial charge in [-0.15, -0.1) is 0 Å². The Labute approximate surface area is 605 Å². The number of carboxylic acids is 1. The number of rotatable bonds is 11. The quantitative estimate of drug-likeness (QED) is 0.0688. The van der Waals surface area contributed by atoms with E-state index in [1.165, 1.54) is 32.5 Å². The van der Waals surface area contributed by atoms with Crippen LogP contribution in [0.3, 0.4) is 0 Å². The lowest BCUT2D eigenvalue weighted by atomic mass is 10.0.